The number of ketones is 1. The van der Waals surface area contributed by atoms with Crippen molar-refractivity contribution in [1.29, 1.82) is 0 Å². The maximum absolute atomic E-state index is 14.0. The van der Waals surface area contributed by atoms with E-state index in [-0.39, 0.29) is 5.56 Å². The van der Waals surface area contributed by atoms with E-state index in [1.54, 1.807) is 30.3 Å². The van der Waals surface area contributed by atoms with Crippen LogP contribution in [0.3, 0.4) is 0 Å². The van der Waals surface area contributed by atoms with Gasteiger partial charge in [0.05, 0.1) is 5.56 Å². The molecule has 4 heteroatoms. The van der Waals surface area contributed by atoms with Gasteiger partial charge in [-0.15, -0.1) is 0 Å². The van der Waals surface area contributed by atoms with Crippen molar-refractivity contribution in [2.45, 2.75) is 19.4 Å². The van der Waals surface area contributed by atoms with E-state index in [2.05, 4.69) is 0 Å². The first kappa shape index (κ1) is 14.3. The number of hydrogen-bond donors (Lipinski definition) is 1. The number of nitrogens with two attached hydrogens (primary N) is 1. The number of benzene rings is 2. The van der Waals surface area contributed by atoms with Crippen LogP contribution in [-0.4, -0.2) is 5.78 Å². The van der Waals surface area contributed by atoms with Gasteiger partial charge >= 0.3 is 0 Å². The van der Waals surface area contributed by atoms with Gasteiger partial charge in [-0.2, -0.15) is 0 Å². The second kappa shape index (κ2) is 5.13. The van der Waals surface area contributed by atoms with Gasteiger partial charge < -0.3 is 5.73 Å². The summed E-state index contributed by atoms with van der Waals surface area (Å²) in [5.41, 5.74) is 4.66. The van der Waals surface area contributed by atoms with E-state index in [1.807, 2.05) is 0 Å². The lowest BCUT2D eigenvalue weighted by atomic mass is 9.84. The SMILES string of the molecule is Cc1ccc(F)c(C(=O)C(C)(N)c2ccccc2)c1F. The summed E-state index contributed by atoms with van der Waals surface area (Å²) in [4.78, 5) is 12.5. The molecule has 0 aromatic heterocycles. The zero-order valence-electron chi connectivity index (χ0n) is 11.3. The number of aryl methyl sites for hydroxylation is 1. The van der Waals surface area contributed by atoms with Crippen LogP contribution in [0.25, 0.3) is 0 Å². The van der Waals surface area contributed by atoms with Crippen LogP contribution in [0.15, 0.2) is 42.5 Å². The van der Waals surface area contributed by atoms with Crippen LogP contribution in [0.2, 0.25) is 0 Å². The largest absolute Gasteiger partial charge is 0.315 e. The van der Waals surface area contributed by atoms with Crippen LogP contribution < -0.4 is 5.73 Å². The molecular weight excluding hydrogens is 260 g/mol. The van der Waals surface area contributed by atoms with E-state index in [0.717, 1.165) is 6.07 Å². The van der Waals surface area contributed by atoms with Crippen LogP contribution in [0.1, 0.15) is 28.4 Å². The Morgan fingerprint density at radius 1 is 1.10 bits per heavy atom. The molecule has 2 nitrogen and oxygen atoms in total. The van der Waals surface area contributed by atoms with Crippen molar-refractivity contribution >= 4 is 5.78 Å². The first-order chi connectivity index (χ1) is 9.35. The zero-order chi connectivity index (χ0) is 14.9. The monoisotopic (exact) mass is 275 g/mol. The molecule has 2 aromatic rings. The Labute approximate surface area is 116 Å². The number of carbonyl (C=O) groups excluding carboxylic acids is 1. The number of halogens is 2. The predicted molar refractivity (Wildman–Crippen MR) is 73.4 cm³/mol. The molecule has 1 unspecified atom stereocenters. The Morgan fingerprint density at radius 2 is 1.70 bits per heavy atom. The molecule has 2 rings (SSSR count). The Hall–Kier alpha value is -2.07. The number of Topliss-reactive ketones (excluding diaryl/α,β-unsaturated/α-hetero) is 1. The molecule has 0 aliphatic rings. The van der Waals surface area contributed by atoms with Gasteiger partial charge in [-0.05, 0) is 31.0 Å². The summed E-state index contributed by atoms with van der Waals surface area (Å²) in [6.07, 6.45) is 0. The van der Waals surface area contributed by atoms with E-state index < -0.39 is 28.5 Å². The fourth-order valence-corrected chi connectivity index (χ4v) is 2.04. The normalized spacial score (nSPS) is 13.8. The number of rotatable bonds is 3. The molecular formula is C16H15F2NO. The first-order valence-corrected chi connectivity index (χ1v) is 6.19. The highest BCUT2D eigenvalue weighted by atomic mass is 19.1. The van der Waals surface area contributed by atoms with Crippen molar-refractivity contribution in [2.75, 3.05) is 0 Å². The minimum atomic E-state index is -1.49. The summed E-state index contributed by atoms with van der Waals surface area (Å²) in [6, 6.07) is 10.9. The highest BCUT2D eigenvalue weighted by molar-refractivity contribution is 6.03. The molecule has 104 valence electrons. The highest BCUT2D eigenvalue weighted by Gasteiger charge is 2.35. The molecule has 0 radical (unpaired) electrons. The van der Waals surface area contributed by atoms with Gasteiger partial charge in [-0.25, -0.2) is 8.78 Å². The van der Waals surface area contributed by atoms with Crippen molar-refractivity contribution in [1.82, 2.24) is 0 Å². The smallest absolute Gasteiger partial charge is 0.192 e. The highest BCUT2D eigenvalue weighted by Crippen LogP contribution is 2.26. The molecule has 2 aromatic carbocycles. The van der Waals surface area contributed by atoms with E-state index >= 15 is 0 Å². The van der Waals surface area contributed by atoms with Crippen molar-refractivity contribution in [2.24, 2.45) is 5.73 Å². The standard InChI is InChI=1S/C16H15F2NO/c1-10-8-9-12(17)13(14(10)18)15(20)16(2,19)11-6-4-3-5-7-11/h3-9H,19H2,1-2H3. The van der Waals surface area contributed by atoms with Crippen LogP contribution >= 0.6 is 0 Å². The molecule has 0 aliphatic carbocycles. The van der Waals surface area contributed by atoms with E-state index in [0.29, 0.717) is 5.56 Å². The van der Waals surface area contributed by atoms with Crippen LogP contribution in [0.5, 0.6) is 0 Å². The average Bonchev–Trinajstić information content (AvgIpc) is 2.44. The lowest BCUT2D eigenvalue weighted by molar-refractivity contribution is 0.0891. The minimum absolute atomic E-state index is 0.207. The van der Waals surface area contributed by atoms with Crippen molar-refractivity contribution in [3.05, 3.63) is 70.8 Å². The molecule has 2 N–H and O–H groups in total. The molecule has 0 saturated heterocycles. The van der Waals surface area contributed by atoms with E-state index in [9.17, 15) is 13.6 Å². The fraction of sp³-hybridized carbons (Fsp3) is 0.188. The van der Waals surface area contributed by atoms with Crippen molar-refractivity contribution in [3.63, 3.8) is 0 Å². The van der Waals surface area contributed by atoms with Crippen molar-refractivity contribution < 1.29 is 13.6 Å². The van der Waals surface area contributed by atoms with Crippen LogP contribution in [0.4, 0.5) is 8.78 Å². The van der Waals surface area contributed by atoms with Crippen LogP contribution in [-0.2, 0) is 5.54 Å². The number of carbonyl (C=O) groups is 1. The zero-order valence-corrected chi connectivity index (χ0v) is 11.3. The second-order valence-corrected chi connectivity index (χ2v) is 4.95. The minimum Gasteiger partial charge on any atom is -0.315 e. The Morgan fingerprint density at radius 3 is 2.30 bits per heavy atom. The third kappa shape index (κ3) is 2.34. The molecule has 20 heavy (non-hydrogen) atoms. The summed E-state index contributed by atoms with van der Waals surface area (Å²) < 4.78 is 27.9. The molecule has 0 heterocycles. The Bertz CT molecular complexity index is 651. The Kier molecular flexibility index (Phi) is 3.68. The van der Waals surface area contributed by atoms with Gasteiger partial charge in [0.15, 0.2) is 5.78 Å². The maximum Gasteiger partial charge on any atom is 0.192 e. The third-order valence-corrected chi connectivity index (χ3v) is 3.36. The average molecular weight is 275 g/mol. The molecule has 0 amide bonds. The lowest BCUT2D eigenvalue weighted by Gasteiger charge is -2.24. The summed E-state index contributed by atoms with van der Waals surface area (Å²) >= 11 is 0. The predicted octanol–water partition coefficient (Wildman–Crippen LogP) is 3.33. The van der Waals surface area contributed by atoms with Crippen molar-refractivity contribution in [3.8, 4) is 0 Å². The Balaban J connectivity index is 2.55. The molecule has 1 atom stereocenters. The third-order valence-electron chi connectivity index (χ3n) is 3.36. The molecule has 0 bridgehead atoms. The summed E-state index contributed by atoms with van der Waals surface area (Å²) in [5.74, 6) is -2.53. The van der Waals surface area contributed by atoms with E-state index in [1.165, 1.54) is 19.9 Å². The first-order valence-electron chi connectivity index (χ1n) is 6.19. The van der Waals surface area contributed by atoms with Gasteiger partial charge in [0.1, 0.15) is 17.2 Å². The lowest BCUT2D eigenvalue weighted by Crippen LogP contribution is -2.42. The van der Waals surface area contributed by atoms with Gasteiger partial charge in [0.25, 0.3) is 0 Å². The van der Waals surface area contributed by atoms with Gasteiger partial charge in [0.2, 0.25) is 0 Å². The molecule has 0 aliphatic heterocycles. The second-order valence-electron chi connectivity index (χ2n) is 4.95. The van der Waals surface area contributed by atoms with Gasteiger partial charge in [-0.1, -0.05) is 36.4 Å². The summed E-state index contributed by atoms with van der Waals surface area (Å²) in [5, 5.41) is 0. The van der Waals surface area contributed by atoms with Gasteiger partial charge in [-0.3, -0.25) is 4.79 Å². The van der Waals surface area contributed by atoms with E-state index in [4.69, 9.17) is 5.73 Å². The molecule has 0 saturated carbocycles. The topological polar surface area (TPSA) is 43.1 Å². The molecule has 0 spiro atoms. The van der Waals surface area contributed by atoms with Crippen LogP contribution in [0, 0.1) is 18.6 Å². The fourth-order valence-electron chi connectivity index (χ4n) is 2.04. The number of hydrogen-bond acceptors (Lipinski definition) is 2. The maximum atomic E-state index is 14.0. The van der Waals surface area contributed by atoms with Gasteiger partial charge in [0, 0.05) is 0 Å². The summed E-state index contributed by atoms with van der Waals surface area (Å²) in [6.45, 7) is 2.92. The molecule has 0 fully saturated rings. The quantitative estimate of drug-likeness (QED) is 0.873. The summed E-state index contributed by atoms with van der Waals surface area (Å²) in [7, 11) is 0.